The number of sulfonamides is 1. The van der Waals surface area contributed by atoms with Gasteiger partial charge in [0.15, 0.2) is 0 Å². The van der Waals surface area contributed by atoms with E-state index in [1.807, 2.05) is 37.3 Å². The maximum atomic E-state index is 12.7. The van der Waals surface area contributed by atoms with E-state index in [0.717, 1.165) is 22.9 Å². The Kier molecular flexibility index (Phi) is 6.90. The summed E-state index contributed by atoms with van der Waals surface area (Å²) < 4.78 is 25.2. The van der Waals surface area contributed by atoms with Crippen molar-refractivity contribution in [2.24, 2.45) is 0 Å². The molecule has 0 aliphatic heterocycles. The maximum absolute atomic E-state index is 12.7. The maximum Gasteiger partial charge on any atom is 0.264 e. The smallest absolute Gasteiger partial charge is 0.264 e. The van der Waals surface area contributed by atoms with E-state index < -0.39 is 10.0 Å². The van der Waals surface area contributed by atoms with Crippen molar-refractivity contribution in [2.45, 2.75) is 30.6 Å². The fourth-order valence-corrected chi connectivity index (χ4v) is 3.58. The van der Waals surface area contributed by atoms with E-state index in [-0.39, 0.29) is 16.7 Å². The number of amides is 1. The molecule has 140 valence electrons. The molecule has 2 aromatic carbocycles. The normalized spacial score (nSPS) is 12.8. The molecule has 1 atom stereocenters. The zero-order valence-corrected chi connectivity index (χ0v) is 16.0. The minimum atomic E-state index is -3.70. The van der Waals surface area contributed by atoms with Crippen LogP contribution in [0.2, 0.25) is 0 Å². The monoisotopic (exact) mass is 376 g/mol. The third-order valence-corrected chi connectivity index (χ3v) is 5.81. The molecule has 0 aliphatic rings. The average Bonchev–Trinajstić information content (AvgIpc) is 2.66. The fourth-order valence-electron chi connectivity index (χ4n) is 2.61. The van der Waals surface area contributed by atoms with Gasteiger partial charge >= 0.3 is 0 Å². The Balaban J connectivity index is 2.16. The molecule has 6 nitrogen and oxygen atoms in total. The van der Waals surface area contributed by atoms with Gasteiger partial charge < -0.3 is 5.32 Å². The Labute approximate surface area is 154 Å². The van der Waals surface area contributed by atoms with Gasteiger partial charge in [-0.15, -0.1) is 0 Å². The molecule has 26 heavy (non-hydrogen) atoms. The highest BCUT2D eigenvalue weighted by Crippen LogP contribution is 2.24. The molecule has 1 amide bonds. The van der Waals surface area contributed by atoms with Crippen LogP contribution in [0.25, 0.3) is 0 Å². The zero-order valence-electron chi connectivity index (χ0n) is 15.2. The van der Waals surface area contributed by atoms with Crippen molar-refractivity contribution in [2.75, 3.05) is 19.5 Å². The molecule has 2 aromatic rings. The Hall–Kier alpha value is -2.22. The van der Waals surface area contributed by atoms with Gasteiger partial charge in [-0.1, -0.05) is 48.1 Å². The van der Waals surface area contributed by atoms with Gasteiger partial charge in [-0.05, 0) is 36.2 Å². The Morgan fingerprint density at radius 3 is 2.27 bits per heavy atom. The minimum absolute atomic E-state index is 0.0908. The van der Waals surface area contributed by atoms with Crippen LogP contribution in [-0.4, -0.2) is 33.0 Å². The third-order valence-electron chi connectivity index (χ3n) is 4.11. The van der Waals surface area contributed by atoms with E-state index in [0.29, 0.717) is 5.69 Å². The molecule has 2 rings (SSSR count). The topological polar surface area (TPSA) is 75.7 Å². The Morgan fingerprint density at radius 2 is 1.73 bits per heavy atom. The highest BCUT2D eigenvalue weighted by atomic mass is 32.2. The Morgan fingerprint density at radius 1 is 1.12 bits per heavy atom. The summed E-state index contributed by atoms with van der Waals surface area (Å²) in [6.45, 7) is 2.04. The summed E-state index contributed by atoms with van der Waals surface area (Å²) in [5, 5.41) is 2.87. The Bertz CT molecular complexity index is 820. The molecule has 0 saturated heterocycles. The molecule has 1 N–H and O–H groups in total. The zero-order chi connectivity index (χ0) is 19.2. The largest absolute Gasteiger partial charge is 0.326 e. The molecular formula is C19H24N2O4S. The second-order valence-corrected chi connectivity index (χ2v) is 7.80. The number of nitrogens with one attached hydrogen (secondary N) is 1. The summed E-state index contributed by atoms with van der Waals surface area (Å²) in [4.78, 5) is 17.5. The predicted octanol–water partition coefficient (Wildman–Crippen LogP) is 3.39. The van der Waals surface area contributed by atoms with Crippen LogP contribution < -0.4 is 5.32 Å². The van der Waals surface area contributed by atoms with Crippen LogP contribution in [-0.2, 0) is 19.7 Å². The number of carbonyl (C=O) groups is 1. The second kappa shape index (κ2) is 8.93. The van der Waals surface area contributed by atoms with Gasteiger partial charge in [-0.2, -0.15) is 0 Å². The van der Waals surface area contributed by atoms with Crippen LogP contribution in [0, 0.1) is 0 Å². The van der Waals surface area contributed by atoms with Crippen molar-refractivity contribution in [3.05, 3.63) is 60.2 Å². The number of hydrogen-bond acceptors (Lipinski definition) is 4. The summed E-state index contributed by atoms with van der Waals surface area (Å²) in [7, 11) is -1.10. The van der Waals surface area contributed by atoms with Crippen LogP contribution in [0.1, 0.15) is 31.2 Å². The highest BCUT2D eigenvalue weighted by Gasteiger charge is 2.22. The number of hydrogen-bond donors (Lipinski definition) is 1. The first kappa shape index (κ1) is 20.1. The summed E-state index contributed by atoms with van der Waals surface area (Å²) in [6, 6.07) is 15.7. The first-order valence-corrected chi connectivity index (χ1v) is 9.83. The lowest BCUT2D eigenvalue weighted by molar-refractivity contribution is -0.117. The molecular weight excluding hydrogens is 352 g/mol. The van der Waals surface area contributed by atoms with Crippen molar-refractivity contribution in [1.82, 2.24) is 4.47 Å². The van der Waals surface area contributed by atoms with Crippen molar-refractivity contribution in [3.63, 3.8) is 0 Å². The quantitative estimate of drug-likeness (QED) is 0.717. The lowest BCUT2D eigenvalue weighted by Gasteiger charge is -2.17. The lowest BCUT2D eigenvalue weighted by Crippen LogP contribution is -2.25. The van der Waals surface area contributed by atoms with E-state index >= 15 is 0 Å². The molecule has 0 aromatic heterocycles. The van der Waals surface area contributed by atoms with Gasteiger partial charge in [0.2, 0.25) is 5.91 Å². The predicted molar refractivity (Wildman–Crippen MR) is 101 cm³/mol. The van der Waals surface area contributed by atoms with Crippen LogP contribution in [0.3, 0.4) is 0 Å². The molecule has 0 bridgehead atoms. The fraction of sp³-hybridized carbons (Fsp3) is 0.316. The van der Waals surface area contributed by atoms with E-state index in [4.69, 9.17) is 4.84 Å². The van der Waals surface area contributed by atoms with E-state index in [1.165, 1.54) is 26.3 Å². The van der Waals surface area contributed by atoms with Crippen molar-refractivity contribution in [3.8, 4) is 0 Å². The van der Waals surface area contributed by atoms with Gasteiger partial charge in [0.1, 0.15) is 0 Å². The second-order valence-electron chi connectivity index (χ2n) is 5.86. The number of carbonyl (C=O) groups excluding carboxylic acids is 1. The molecule has 7 heteroatoms. The van der Waals surface area contributed by atoms with Crippen molar-refractivity contribution >= 4 is 21.6 Å². The molecule has 0 radical (unpaired) electrons. The molecule has 0 spiro atoms. The number of rotatable bonds is 8. The summed E-state index contributed by atoms with van der Waals surface area (Å²) in [5.74, 6) is -0.355. The molecule has 0 fully saturated rings. The van der Waals surface area contributed by atoms with E-state index in [2.05, 4.69) is 5.32 Å². The number of benzene rings is 2. The molecule has 0 saturated carbocycles. The van der Waals surface area contributed by atoms with Gasteiger partial charge in [0, 0.05) is 12.7 Å². The van der Waals surface area contributed by atoms with Crippen LogP contribution in [0.5, 0.6) is 0 Å². The van der Waals surface area contributed by atoms with Crippen LogP contribution in [0.4, 0.5) is 5.69 Å². The van der Waals surface area contributed by atoms with Gasteiger partial charge in [-0.25, -0.2) is 8.42 Å². The van der Waals surface area contributed by atoms with E-state index in [9.17, 15) is 13.2 Å². The first-order valence-electron chi connectivity index (χ1n) is 8.39. The standard InChI is InChI=1S/C19H24N2O4S/c1-4-8-18(15-9-6-5-7-10-15)19(22)20-16-11-13-17(14-12-16)26(23,24)21(2)25-3/h5-7,9-14,18H,4,8H2,1-3H3,(H,20,22). The van der Waals surface area contributed by atoms with Gasteiger partial charge in [-0.3, -0.25) is 9.63 Å². The van der Waals surface area contributed by atoms with Crippen LogP contribution >= 0.6 is 0 Å². The lowest BCUT2D eigenvalue weighted by atomic mass is 9.93. The van der Waals surface area contributed by atoms with Crippen molar-refractivity contribution < 1.29 is 18.0 Å². The molecule has 0 aliphatic carbocycles. The van der Waals surface area contributed by atoms with E-state index in [1.54, 1.807) is 12.1 Å². The number of anilines is 1. The number of nitrogens with zero attached hydrogens (tertiary/aromatic N) is 1. The SMILES string of the molecule is CCCC(C(=O)Nc1ccc(S(=O)(=O)N(C)OC)cc1)c1ccccc1. The summed E-state index contributed by atoms with van der Waals surface area (Å²) in [5.41, 5.74) is 1.51. The summed E-state index contributed by atoms with van der Waals surface area (Å²) in [6.07, 6.45) is 1.62. The van der Waals surface area contributed by atoms with Crippen molar-refractivity contribution in [1.29, 1.82) is 0 Å². The summed E-state index contributed by atoms with van der Waals surface area (Å²) >= 11 is 0. The number of hydroxylamine groups is 1. The third kappa shape index (κ3) is 4.69. The molecule has 1 unspecified atom stereocenters. The molecule has 0 heterocycles. The highest BCUT2D eigenvalue weighted by molar-refractivity contribution is 7.89. The van der Waals surface area contributed by atoms with Crippen LogP contribution in [0.15, 0.2) is 59.5 Å². The van der Waals surface area contributed by atoms with Gasteiger partial charge in [0.05, 0.1) is 17.9 Å². The first-order chi connectivity index (χ1) is 12.4. The average molecular weight is 376 g/mol. The minimum Gasteiger partial charge on any atom is -0.326 e. The van der Waals surface area contributed by atoms with Gasteiger partial charge in [0.25, 0.3) is 10.0 Å².